The summed E-state index contributed by atoms with van der Waals surface area (Å²) in [5, 5.41) is 10.7. The van der Waals surface area contributed by atoms with E-state index in [-0.39, 0.29) is 12.6 Å². The van der Waals surface area contributed by atoms with Crippen LogP contribution in [-0.4, -0.2) is 27.6 Å². The Morgan fingerprint density at radius 1 is 1.50 bits per heavy atom. The summed E-state index contributed by atoms with van der Waals surface area (Å²) >= 11 is 0. The monoisotopic (exact) mass is 247 g/mol. The van der Waals surface area contributed by atoms with Gasteiger partial charge in [0.2, 0.25) is 0 Å². The SMILES string of the molecule is CCCCn1nnc2cc(C(=O)NCN)ccc21. The van der Waals surface area contributed by atoms with E-state index < -0.39 is 0 Å². The lowest BCUT2D eigenvalue weighted by Gasteiger charge is -2.03. The highest BCUT2D eigenvalue weighted by molar-refractivity contribution is 5.97. The molecule has 0 saturated heterocycles. The molecule has 0 saturated carbocycles. The number of aromatic nitrogens is 3. The zero-order valence-corrected chi connectivity index (χ0v) is 10.4. The van der Waals surface area contributed by atoms with E-state index in [4.69, 9.17) is 5.73 Å². The largest absolute Gasteiger partial charge is 0.340 e. The Kier molecular flexibility index (Phi) is 3.88. The Morgan fingerprint density at radius 2 is 2.33 bits per heavy atom. The van der Waals surface area contributed by atoms with Crippen LogP contribution in [-0.2, 0) is 6.54 Å². The van der Waals surface area contributed by atoms with Gasteiger partial charge >= 0.3 is 0 Å². The van der Waals surface area contributed by atoms with Crippen LogP contribution in [0.1, 0.15) is 30.1 Å². The molecule has 6 nitrogen and oxygen atoms in total. The second-order valence-corrected chi connectivity index (χ2v) is 4.08. The second-order valence-electron chi connectivity index (χ2n) is 4.08. The predicted octanol–water partition coefficient (Wildman–Crippen LogP) is 0.877. The highest BCUT2D eigenvalue weighted by atomic mass is 16.1. The second kappa shape index (κ2) is 5.59. The minimum Gasteiger partial charge on any atom is -0.340 e. The maximum Gasteiger partial charge on any atom is 0.252 e. The lowest BCUT2D eigenvalue weighted by atomic mass is 10.2. The fourth-order valence-electron chi connectivity index (χ4n) is 1.78. The first-order chi connectivity index (χ1) is 8.76. The van der Waals surface area contributed by atoms with E-state index in [1.165, 1.54) is 0 Å². The van der Waals surface area contributed by atoms with Gasteiger partial charge < -0.3 is 11.1 Å². The molecule has 0 unspecified atom stereocenters. The molecule has 0 aliphatic carbocycles. The fraction of sp³-hybridized carbons (Fsp3) is 0.417. The Morgan fingerprint density at radius 3 is 3.06 bits per heavy atom. The number of unbranched alkanes of at least 4 members (excludes halogenated alkanes) is 1. The van der Waals surface area contributed by atoms with Gasteiger partial charge in [0.15, 0.2) is 0 Å². The van der Waals surface area contributed by atoms with Gasteiger partial charge in [-0.3, -0.25) is 4.79 Å². The van der Waals surface area contributed by atoms with Gasteiger partial charge in [-0.2, -0.15) is 0 Å². The molecule has 1 heterocycles. The number of hydrogen-bond acceptors (Lipinski definition) is 4. The average molecular weight is 247 g/mol. The highest BCUT2D eigenvalue weighted by Crippen LogP contribution is 2.14. The van der Waals surface area contributed by atoms with Gasteiger partial charge in [0.1, 0.15) is 5.52 Å². The third-order valence-corrected chi connectivity index (χ3v) is 2.76. The number of hydrogen-bond donors (Lipinski definition) is 2. The predicted molar refractivity (Wildman–Crippen MR) is 69.0 cm³/mol. The van der Waals surface area contributed by atoms with Crippen LogP contribution in [0.4, 0.5) is 0 Å². The summed E-state index contributed by atoms with van der Waals surface area (Å²) in [5.41, 5.74) is 7.51. The number of fused-ring (bicyclic) bond motifs is 1. The van der Waals surface area contributed by atoms with Crippen molar-refractivity contribution in [3.63, 3.8) is 0 Å². The molecule has 96 valence electrons. The molecule has 0 aliphatic rings. The molecule has 1 aromatic carbocycles. The van der Waals surface area contributed by atoms with Crippen molar-refractivity contribution in [2.75, 3.05) is 6.67 Å². The fourth-order valence-corrected chi connectivity index (χ4v) is 1.78. The maximum absolute atomic E-state index is 11.6. The molecule has 1 aromatic heterocycles. The molecule has 6 heteroatoms. The lowest BCUT2D eigenvalue weighted by molar-refractivity contribution is 0.0955. The Balaban J connectivity index is 2.27. The first-order valence-electron chi connectivity index (χ1n) is 6.07. The summed E-state index contributed by atoms with van der Waals surface area (Å²) in [7, 11) is 0. The number of rotatable bonds is 5. The standard InChI is InChI=1S/C12H17N5O/c1-2-3-6-17-11-5-4-9(12(18)14-8-13)7-10(11)15-16-17/h4-5,7H,2-3,6,8,13H2,1H3,(H,14,18). The van der Waals surface area contributed by atoms with Gasteiger partial charge in [0.25, 0.3) is 5.91 Å². The molecule has 0 spiro atoms. The van der Waals surface area contributed by atoms with Crippen LogP contribution in [0.3, 0.4) is 0 Å². The molecule has 2 rings (SSSR count). The number of nitrogens with one attached hydrogen (secondary N) is 1. The van der Waals surface area contributed by atoms with Crippen molar-refractivity contribution in [1.82, 2.24) is 20.3 Å². The zero-order chi connectivity index (χ0) is 13.0. The molecule has 0 atom stereocenters. The van der Waals surface area contributed by atoms with Crippen LogP contribution < -0.4 is 11.1 Å². The number of nitrogens with two attached hydrogens (primary N) is 1. The van der Waals surface area contributed by atoms with E-state index in [1.807, 2.05) is 10.7 Å². The summed E-state index contributed by atoms with van der Waals surface area (Å²) in [5.74, 6) is -0.192. The number of aryl methyl sites for hydroxylation is 1. The normalized spacial score (nSPS) is 10.8. The van der Waals surface area contributed by atoms with Gasteiger partial charge in [-0.1, -0.05) is 18.6 Å². The van der Waals surface area contributed by atoms with Gasteiger partial charge in [-0.05, 0) is 24.6 Å². The summed E-state index contributed by atoms with van der Waals surface area (Å²) in [6, 6.07) is 5.37. The molecule has 0 bridgehead atoms. The van der Waals surface area contributed by atoms with Crippen LogP contribution in [0.25, 0.3) is 11.0 Å². The van der Waals surface area contributed by atoms with Gasteiger partial charge in [-0.15, -0.1) is 5.10 Å². The molecule has 2 aromatic rings. The molecule has 3 N–H and O–H groups in total. The highest BCUT2D eigenvalue weighted by Gasteiger charge is 2.09. The molecule has 0 aliphatic heterocycles. The first-order valence-corrected chi connectivity index (χ1v) is 6.07. The van der Waals surface area contributed by atoms with E-state index in [2.05, 4.69) is 22.6 Å². The summed E-state index contributed by atoms with van der Waals surface area (Å²) in [4.78, 5) is 11.6. The minimum atomic E-state index is -0.192. The number of carbonyl (C=O) groups excluding carboxylic acids is 1. The van der Waals surface area contributed by atoms with Crippen LogP contribution in [0, 0.1) is 0 Å². The van der Waals surface area contributed by atoms with E-state index in [0.29, 0.717) is 5.56 Å². The van der Waals surface area contributed by atoms with Crippen molar-refractivity contribution in [1.29, 1.82) is 0 Å². The molecule has 18 heavy (non-hydrogen) atoms. The van der Waals surface area contributed by atoms with Gasteiger partial charge in [0, 0.05) is 12.1 Å². The van der Waals surface area contributed by atoms with E-state index >= 15 is 0 Å². The molecular formula is C12H17N5O. The van der Waals surface area contributed by atoms with Crippen molar-refractivity contribution >= 4 is 16.9 Å². The van der Waals surface area contributed by atoms with E-state index in [0.717, 1.165) is 30.4 Å². The minimum absolute atomic E-state index is 0.125. The van der Waals surface area contributed by atoms with Crippen LogP contribution in [0.2, 0.25) is 0 Å². The number of carbonyl (C=O) groups is 1. The topological polar surface area (TPSA) is 85.8 Å². The third kappa shape index (κ3) is 2.48. The lowest BCUT2D eigenvalue weighted by Crippen LogP contribution is -2.29. The maximum atomic E-state index is 11.6. The number of amides is 1. The van der Waals surface area contributed by atoms with Gasteiger partial charge in [0.05, 0.1) is 12.2 Å². The molecule has 0 radical (unpaired) electrons. The number of benzene rings is 1. The van der Waals surface area contributed by atoms with Crippen LogP contribution in [0.5, 0.6) is 0 Å². The van der Waals surface area contributed by atoms with Crippen LogP contribution in [0.15, 0.2) is 18.2 Å². The van der Waals surface area contributed by atoms with Crippen molar-refractivity contribution in [2.24, 2.45) is 5.73 Å². The Labute approximate surface area is 105 Å². The molecule has 0 fully saturated rings. The number of nitrogens with zero attached hydrogens (tertiary/aromatic N) is 3. The van der Waals surface area contributed by atoms with Crippen molar-refractivity contribution < 1.29 is 4.79 Å². The van der Waals surface area contributed by atoms with Crippen molar-refractivity contribution in [2.45, 2.75) is 26.3 Å². The summed E-state index contributed by atoms with van der Waals surface area (Å²) in [6.07, 6.45) is 2.17. The summed E-state index contributed by atoms with van der Waals surface area (Å²) < 4.78 is 1.86. The van der Waals surface area contributed by atoms with Gasteiger partial charge in [-0.25, -0.2) is 4.68 Å². The Hall–Kier alpha value is -1.95. The molecule has 1 amide bonds. The third-order valence-electron chi connectivity index (χ3n) is 2.76. The average Bonchev–Trinajstić information content (AvgIpc) is 2.79. The zero-order valence-electron chi connectivity index (χ0n) is 10.4. The quantitative estimate of drug-likeness (QED) is 0.768. The smallest absolute Gasteiger partial charge is 0.252 e. The first kappa shape index (κ1) is 12.5. The molecular weight excluding hydrogens is 230 g/mol. The summed E-state index contributed by atoms with van der Waals surface area (Å²) in [6.45, 7) is 3.11. The van der Waals surface area contributed by atoms with Crippen molar-refractivity contribution in [3.05, 3.63) is 23.8 Å². The van der Waals surface area contributed by atoms with Crippen molar-refractivity contribution in [3.8, 4) is 0 Å². The van der Waals surface area contributed by atoms with Crippen LogP contribution >= 0.6 is 0 Å². The van der Waals surface area contributed by atoms with E-state index in [1.54, 1.807) is 12.1 Å². The Bertz CT molecular complexity index is 548. The van der Waals surface area contributed by atoms with E-state index in [9.17, 15) is 4.79 Å².